The number of nitrogens with one attached hydrogen (secondary N) is 1. The van der Waals surface area contributed by atoms with E-state index < -0.39 is 11.8 Å². The lowest BCUT2D eigenvalue weighted by Crippen LogP contribution is -1.98. The first-order valence-corrected chi connectivity index (χ1v) is 4.35. The van der Waals surface area contributed by atoms with Gasteiger partial charge in [0.2, 0.25) is 0 Å². The number of ether oxygens (including phenoxy) is 1. The predicted octanol–water partition coefficient (Wildman–Crippen LogP) is 2.36. The van der Waals surface area contributed by atoms with Crippen molar-refractivity contribution < 1.29 is 23.4 Å². The molecular formula is C10H7F2NO3. The lowest BCUT2D eigenvalue weighted by Gasteiger charge is -1.99. The highest BCUT2D eigenvalue weighted by Gasteiger charge is 2.14. The molecule has 1 aromatic carbocycles. The molecule has 84 valence electrons. The molecule has 0 fully saturated rings. The molecule has 1 heterocycles. The van der Waals surface area contributed by atoms with Gasteiger partial charge in [0.1, 0.15) is 11.4 Å². The van der Waals surface area contributed by atoms with Gasteiger partial charge in [0, 0.05) is 16.0 Å². The number of hydrogen-bond acceptors (Lipinski definition) is 3. The molecule has 1 aromatic heterocycles. The molecule has 0 saturated heterocycles. The Labute approximate surface area is 88.7 Å². The van der Waals surface area contributed by atoms with Crippen LogP contribution in [0.2, 0.25) is 0 Å². The van der Waals surface area contributed by atoms with Crippen LogP contribution in [0.15, 0.2) is 18.2 Å². The number of halogens is 2. The number of aromatic nitrogens is 1. The third kappa shape index (κ3) is 1.58. The molecular weight excluding hydrogens is 220 g/mol. The normalized spacial score (nSPS) is 10.4. The zero-order valence-electron chi connectivity index (χ0n) is 8.21. The van der Waals surface area contributed by atoms with Gasteiger partial charge in [-0.15, -0.1) is 0 Å². The quantitative estimate of drug-likeness (QED) is 0.856. The van der Waals surface area contributed by atoms with Gasteiger partial charge in [-0.1, -0.05) is 0 Å². The van der Waals surface area contributed by atoms with Crippen molar-refractivity contribution in [1.29, 1.82) is 0 Å². The molecule has 0 bridgehead atoms. The van der Waals surface area contributed by atoms with Gasteiger partial charge in [-0.05, 0) is 12.1 Å². The molecule has 2 rings (SSSR count). The summed E-state index contributed by atoms with van der Waals surface area (Å²) in [5.74, 6) is -1.48. The Balaban J connectivity index is 2.61. The molecule has 0 unspecified atom stereocenters. The lowest BCUT2D eigenvalue weighted by atomic mass is 10.2. The van der Waals surface area contributed by atoms with Crippen molar-refractivity contribution in [3.05, 3.63) is 29.7 Å². The van der Waals surface area contributed by atoms with E-state index in [-0.39, 0.29) is 11.2 Å². The SMILES string of the molecule is COc1cc(F)c2[nH]c(C(=O)OF)cc2c1. The van der Waals surface area contributed by atoms with Crippen molar-refractivity contribution in [2.75, 3.05) is 7.11 Å². The highest BCUT2D eigenvalue weighted by molar-refractivity contribution is 5.95. The molecule has 0 radical (unpaired) electrons. The van der Waals surface area contributed by atoms with E-state index in [1.807, 2.05) is 0 Å². The molecule has 0 aliphatic carbocycles. The van der Waals surface area contributed by atoms with E-state index in [0.717, 1.165) is 6.07 Å². The Morgan fingerprint density at radius 2 is 2.12 bits per heavy atom. The molecule has 0 aliphatic rings. The number of aromatic amines is 1. The smallest absolute Gasteiger partial charge is 0.395 e. The minimum Gasteiger partial charge on any atom is -0.497 e. The Kier molecular flexibility index (Phi) is 2.47. The third-order valence-electron chi connectivity index (χ3n) is 2.18. The summed E-state index contributed by atoms with van der Waals surface area (Å²) in [4.78, 5) is 16.3. The van der Waals surface area contributed by atoms with E-state index in [4.69, 9.17) is 4.74 Å². The molecule has 2 aromatic rings. The van der Waals surface area contributed by atoms with Gasteiger partial charge in [-0.25, -0.2) is 14.1 Å². The highest BCUT2D eigenvalue weighted by Crippen LogP contribution is 2.25. The maximum atomic E-state index is 13.5. The number of rotatable bonds is 2. The van der Waals surface area contributed by atoms with Crippen molar-refractivity contribution in [2.45, 2.75) is 0 Å². The Hall–Kier alpha value is -2.11. The van der Waals surface area contributed by atoms with Gasteiger partial charge in [-0.3, -0.25) is 0 Å². The van der Waals surface area contributed by atoms with Crippen LogP contribution in [-0.4, -0.2) is 18.1 Å². The van der Waals surface area contributed by atoms with E-state index in [9.17, 15) is 13.7 Å². The molecule has 16 heavy (non-hydrogen) atoms. The molecule has 6 heteroatoms. The van der Waals surface area contributed by atoms with E-state index in [1.165, 1.54) is 19.2 Å². The standard InChI is InChI=1S/C10H7F2NO3/c1-15-6-2-5-3-8(10(14)16-12)13-9(5)7(11)4-6/h2-4,13H,1H3. The van der Waals surface area contributed by atoms with Crippen LogP contribution in [-0.2, 0) is 4.94 Å². The summed E-state index contributed by atoms with van der Waals surface area (Å²) in [7, 11) is 1.39. The minimum atomic E-state index is -1.20. The largest absolute Gasteiger partial charge is 0.497 e. The third-order valence-corrected chi connectivity index (χ3v) is 2.18. The van der Waals surface area contributed by atoms with Crippen LogP contribution in [0.3, 0.4) is 0 Å². The topological polar surface area (TPSA) is 51.3 Å². The monoisotopic (exact) mass is 227 g/mol. The maximum Gasteiger partial charge on any atom is 0.395 e. The van der Waals surface area contributed by atoms with Crippen molar-refractivity contribution >= 4 is 16.9 Å². The van der Waals surface area contributed by atoms with Gasteiger partial charge >= 0.3 is 5.97 Å². The van der Waals surface area contributed by atoms with Crippen LogP contribution in [0, 0.1) is 5.82 Å². The van der Waals surface area contributed by atoms with Gasteiger partial charge < -0.3 is 9.72 Å². The number of benzene rings is 1. The summed E-state index contributed by atoms with van der Waals surface area (Å²) in [6.07, 6.45) is 0. The summed E-state index contributed by atoms with van der Waals surface area (Å²) in [5, 5.41) is 0.400. The molecule has 0 amide bonds. The molecule has 4 nitrogen and oxygen atoms in total. The summed E-state index contributed by atoms with van der Waals surface area (Å²) in [6, 6.07) is 3.95. The number of H-pyrrole nitrogens is 1. The molecule has 0 spiro atoms. The molecule has 0 aliphatic heterocycles. The average Bonchev–Trinajstić information content (AvgIpc) is 2.72. The van der Waals surface area contributed by atoms with Crippen molar-refractivity contribution in [2.24, 2.45) is 0 Å². The van der Waals surface area contributed by atoms with Gasteiger partial charge in [0.25, 0.3) is 0 Å². The van der Waals surface area contributed by atoms with E-state index in [2.05, 4.69) is 9.93 Å². The van der Waals surface area contributed by atoms with Crippen LogP contribution in [0.1, 0.15) is 10.5 Å². The van der Waals surface area contributed by atoms with Gasteiger partial charge in [-0.2, -0.15) is 0 Å². The zero-order chi connectivity index (χ0) is 11.7. The van der Waals surface area contributed by atoms with E-state index >= 15 is 0 Å². The molecule has 0 saturated carbocycles. The summed E-state index contributed by atoms with van der Waals surface area (Å²) in [5.41, 5.74) is -0.0640. The van der Waals surface area contributed by atoms with E-state index in [0.29, 0.717) is 11.1 Å². The Morgan fingerprint density at radius 1 is 1.38 bits per heavy atom. The van der Waals surface area contributed by atoms with Gasteiger partial charge in [0.05, 0.1) is 12.6 Å². The maximum absolute atomic E-state index is 13.5. The second kappa shape index (κ2) is 3.80. The van der Waals surface area contributed by atoms with Crippen LogP contribution in [0.25, 0.3) is 10.9 Å². The first-order valence-electron chi connectivity index (χ1n) is 4.35. The van der Waals surface area contributed by atoms with Gasteiger partial charge in [0.15, 0.2) is 5.82 Å². The molecule has 0 atom stereocenters. The summed E-state index contributed by atoms with van der Waals surface area (Å²) < 4.78 is 30.0. The number of methoxy groups -OCH3 is 1. The predicted molar refractivity (Wildman–Crippen MR) is 51.3 cm³/mol. The van der Waals surface area contributed by atoms with Crippen LogP contribution >= 0.6 is 0 Å². The number of hydrogen-bond donors (Lipinski definition) is 1. The minimum absolute atomic E-state index is 0.0983. The zero-order valence-corrected chi connectivity index (χ0v) is 8.21. The number of carbonyl (C=O) groups is 1. The van der Waals surface area contributed by atoms with Crippen LogP contribution < -0.4 is 4.74 Å². The summed E-state index contributed by atoms with van der Waals surface area (Å²) >= 11 is 0. The number of fused-ring (bicyclic) bond motifs is 1. The van der Waals surface area contributed by atoms with Crippen molar-refractivity contribution in [3.8, 4) is 5.75 Å². The lowest BCUT2D eigenvalue weighted by molar-refractivity contribution is -0.0792. The first-order chi connectivity index (χ1) is 7.65. The second-order valence-electron chi connectivity index (χ2n) is 3.12. The fraction of sp³-hybridized carbons (Fsp3) is 0.100. The average molecular weight is 227 g/mol. The first kappa shape index (κ1) is 10.4. The fourth-order valence-electron chi connectivity index (χ4n) is 1.44. The van der Waals surface area contributed by atoms with Crippen LogP contribution in [0.5, 0.6) is 5.75 Å². The Morgan fingerprint density at radius 3 is 2.75 bits per heavy atom. The molecule has 1 N–H and O–H groups in total. The Bertz CT molecular complexity index is 550. The summed E-state index contributed by atoms with van der Waals surface area (Å²) in [6.45, 7) is 0. The van der Waals surface area contributed by atoms with Crippen LogP contribution in [0.4, 0.5) is 8.92 Å². The fourth-order valence-corrected chi connectivity index (χ4v) is 1.44. The van der Waals surface area contributed by atoms with Crippen molar-refractivity contribution in [1.82, 2.24) is 4.98 Å². The second-order valence-corrected chi connectivity index (χ2v) is 3.12. The van der Waals surface area contributed by atoms with Crippen molar-refractivity contribution in [3.63, 3.8) is 0 Å². The van der Waals surface area contributed by atoms with E-state index in [1.54, 1.807) is 0 Å². The number of carbonyl (C=O) groups excluding carboxylic acids is 1. The highest BCUT2D eigenvalue weighted by atomic mass is 19.3.